The quantitative estimate of drug-likeness (QED) is 0.788. The highest BCUT2D eigenvalue weighted by atomic mass is 16.5. The van der Waals surface area contributed by atoms with Crippen molar-refractivity contribution in [2.75, 3.05) is 20.8 Å². The van der Waals surface area contributed by atoms with E-state index in [1.165, 1.54) is 6.39 Å². The maximum Gasteiger partial charge on any atom is 0.181 e. The third-order valence-corrected chi connectivity index (χ3v) is 2.97. The molecule has 0 radical (unpaired) electrons. The second-order valence-electron chi connectivity index (χ2n) is 4.41. The molecular weight excluding hydrogens is 256 g/mol. The Balaban J connectivity index is 2.29. The average Bonchev–Trinajstić information content (AvgIpc) is 2.95. The lowest BCUT2D eigenvalue weighted by Gasteiger charge is -2.08. The second kappa shape index (κ2) is 6.96. The van der Waals surface area contributed by atoms with Gasteiger partial charge in [-0.05, 0) is 25.1 Å². The summed E-state index contributed by atoms with van der Waals surface area (Å²) in [5.74, 6) is 2.19. The fraction of sp³-hybridized carbons (Fsp3) is 0.400. The smallest absolute Gasteiger partial charge is 0.181 e. The van der Waals surface area contributed by atoms with Crippen molar-refractivity contribution in [1.82, 2.24) is 10.3 Å². The maximum absolute atomic E-state index is 5.52. The molecule has 0 atom stereocenters. The highest BCUT2D eigenvalue weighted by Crippen LogP contribution is 2.31. The summed E-state index contributed by atoms with van der Waals surface area (Å²) in [4.78, 5) is 4.26. The van der Waals surface area contributed by atoms with Crippen molar-refractivity contribution in [3.8, 4) is 22.8 Å². The van der Waals surface area contributed by atoms with E-state index in [-0.39, 0.29) is 0 Å². The zero-order chi connectivity index (χ0) is 14.4. The summed E-state index contributed by atoms with van der Waals surface area (Å²) in [5, 5.41) is 3.32. The number of nitrogens with zero attached hydrogens (tertiary/aromatic N) is 1. The maximum atomic E-state index is 5.52. The molecule has 0 aliphatic rings. The third kappa shape index (κ3) is 3.30. The predicted molar refractivity (Wildman–Crippen MR) is 77.0 cm³/mol. The van der Waals surface area contributed by atoms with Gasteiger partial charge in [-0.15, -0.1) is 0 Å². The summed E-state index contributed by atoms with van der Waals surface area (Å²) in [6.45, 7) is 3.76. The molecule has 1 heterocycles. The highest BCUT2D eigenvalue weighted by Gasteiger charge is 2.13. The van der Waals surface area contributed by atoms with Gasteiger partial charge in [-0.2, -0.15) is 0 Å². The Morgan fingerprint density at radius 1 is 1.15 bits per heavy atom. The van der Waals surface area contributed by atoms with Gasteiger partial charge in [0.05, 0.1) is 14.2 Å². The van der Waals surface area contributed by atoms with Gasteiger partial charge in [0, 0.05) is 18.2 Å². The van der Waals surface area contributed by atoms with Crippen LogP contribution in [0.2, 0.25) is 0 Å². The number of methoxy groups -OCH3 is 2. The molecule has 2 rings (SSSR count). The minimum absolute atomic E-state index is 0.680. The Bertz CT molecular complexity index is 530. The monoisotopic (exact) mass is 276 g/mol. The van der Waals surface area contributed by atoms with Gasteiger partial charge in [-0.25, -0.2) is 4.98 Å². The molecule has 1 N–H and O–H groups in total. The molecule has 0 bridgehead atoms. The highest BCUT2D eigenvalue weighted by molar-refractivity contribution is 5.64. The van der Waals surface area contributed by atoms with E-state index in [4.69, 9.17) is 13.9 Å². The fourth-order valence-corrected chi connectivity index (χ4v) is 1.95. The van der Waals surface area contributed by atoms with Crippen LogP contribution in [0.15, 0.2) is 29.0 Å². The molecular formula is C15H20N2O3. The van der Waals surface area contributed by atoms with Gasteiger partial charge in [-0.3, -0.25) is 0 Å². The average molecular weight is 276 g/mol. The molecule has 5 nitrogen and oxygen atoms in total. The molecule has 0 aliphatic heterocycles. The molecule has 0 aliphatic carbocycles. The lowest BCUT2D eigenvalue weighted by molar-refractivity contribution is 0.394. The van der Waals surface area contributed by atoms with Gasteiger partial charge in [0.25, 0.3) is 0 Å². The molecule has 0 amide bonds. The van der Waals surface area contributed by atoms with E-state index in [0.29, 0.717) is 6.54 Å². The summed E-state index contributed by atoms with van der Waals surface area (Å²) >= 11 is 0. The number of ether oxygens (including phenoxy) is 2. The summed E-state index contributed by atoms with van der Waals surface area (Å²) in [5.41, 5.74) is 1.78. The Morgan fingerprint density at radius 3 is 2.45 bits per heavy atom. The number of oxazole rings is 1. The largest absolute Gasteiger partial charge is 0.497 e. The van der Waals surface area contributed by atoms with Crippen LogP contribution in [0.1, 0.15) is 19.0 Å². The van der Waals surface area contributed by atoms with Gasteiger partial charge >= 0.3 is 0 Å². The first kappa shape index (κ1) is 14.4. The molecule has 0 fully saturated rings. The van der Waals surface area contributed by atoms with E-state index in [1.54, 1.807) is 14.2 Å². The fourth-order valence-electron chi connectivity index (χ4n) is 1.95. The van der Waals surface area contributed by atoms with Crippen molar-refractivity contribution < 1.29 is 13.9 Å². The van der Waals surface area contributed by atoms with Crippen molar-refractivity contribution in [2.45, 2.75) is 19.9 Å². The number of aromatic nitrogens is 1. The zero-order valence-corrected chi connectivity index (χ0v) is 12.1. The Morgan fingerprint density at radius 2 is 1.85 bits per heavy atom. The summed E-state index contributed by atoms with van der Waals surface area (Å²) < 4.78 is 16.1. The Labute approximate surface area is 118 Å². The van der Waals surface area contributed by atoms with E-state index < -0.39 is 0 Å². The van der Waals surface area contributed by atoms with E-state index in [2.05, 4.69) is 17.2 Å². The second-order valence-corrected chi connectivity index (χ2v) is 4.41. The molecule has 20 heavy (non-hydrogen) atoms. The zero-order valence-electron chi connectivity index (χ0n) is 12.1. The van der Waals surface area contributed by atoms with Gasteiger partial charge < -0.3 is 19.2 Å². The molecule has 108 valence electrons. The normalized spacial score (nSPS) is 10.6. The molecule has 0 saturated carbocycles. The van der Waals surface area contributed by atoms with E-state index in [0.717, 1.165) is 41.5 Å². The molecule has 0 unspecified atom stereocenters. The number of nitrogens with one attached hydrogen (secondary N) is 1. The first-order chi connectivity index (χ1) is 9.78. The Hall–Kier alpha value is -2.01. The van der Waals surface area contributed by atoms with Crippen LogP contribution >= 0.6 is 0 Å². The van der Waals surface area contributed by atoms with Gasteiger partial charge in [0.1, 0.15) is 17.2 Å². The van der Waals surface area contributed by atoms with Gasteiger partial charge in [0.15, 0.2) is 12.2 Å². The number of rotatable bonds is 7. The van der Waals surface area contributed by atoms with Crippen LogP contribution in [0, 0.1) is 0 Å². The van der Waals surface area contributed by atoms with Crippen molar-refractivity contribution in [2.24, 2.45) is 0 Å². The first-order valence-electron chi connectivity index (χ1n) is 6.65. The lowest BCUT2D eigenvalue weighted by atomic mass is 10.1. The van der Waals surface area contributed by atoms with Crippen LogP contribution in [0.3, 0.4) is 0 Å². The topological polar surface area (TPSA) is 56.5 Å². The van der Waals surface area contributed by atoms with E-state index in [1.807, 2.05) is 18.2 Å². The van der Waals surface area contributed by atoms with Crippen LogP contribution < -0.4 is 14.8 Å². The standard InChI is InChI=1S/C15H20N2O3/c1-4-5-16-9-14-15(20-10-17-14)11-6-12(18-2)8-13(7-11)19-3/h6-8,10,16H,4-5,9H2,1-3H3. The van der Waals surface area contributed by atoms with Crippen molar-refractivity contribution >= 4 is 0 Å². The van der Waals surface area contributed by atoms with Crippen LogP contribution in [0.25, 0.3) is 11.3 Å². The SMILES string of the molecule is CCCNCc1ncoc1-c1cc(OC)cc(OC)c1. The van der Waals surface area contributed by atoms with E-state index in [9.17, 15) is 0 Å². The summed E-state index contributed by atoms with van der Waals surface area (Å²) in [6.07, 6.45) is 2.55. The minimum atomic E-state index is 0.680. The van der Waals surface area contributed by atoms with Crippen LogP contribution in [0.5, 0.6) is 11.5 Å². The van der Waals surface area contributed by atoms with Crippen LogP contribution in [0.4, 0.5) is 0 Å². The molecule has 2 aromatic rings. The number of hydrogen-bond acceptors (Lipinski definition) is 5. The lowest BCUT2D eigenvalue weighted by Crippen LogP contribution is -2.14. The van der Waals surface area contributed by atoms with Gasteiger partial charge in [-0.1, -0.05) is 6.92 Å². The molecule has 5 heteroatoms. The predicted octanol–water partition coefficient (Wildman–Crippen LogP) is 2.86. The third-order valence-electron chi connectivity index (χ3n) is 2.97. The minimum Gasteiger partial charge on any atom is -0.497 e. The van der Waals surface area contributed by atoms with Crippen LogP contribution in [-0.2, 0) is 6.54 Å². The number of hydrogen-bond donors (Lipinski definition) is 1. The van der Waals surface area contributed by atoms with Crippen molar-refractivity contribution in [3.63, 3.8) is 0 Å². The van der Waals surface area contributed by atoms with Crippen molar-refractivity contribution in [1.29, 1.82) is 0 Å². The summed E-state index contributed by atoms with van der Waals surface area (Å²) in [6, 6.07) is 5.65. The first-order valence-corrected chi connectivity index (χ1v) is 6.65. The molecule has 0 spiro atoms. The Kier molecular flexibility index (Phi) is 5.01. The molecule has 1 aromatic heterocycles. The molecule has 0 saturated heterocycles. The molecule has 1 aromatic carbocycles. The van der Waals surface area contributed by atoms with Crippen LogP contribution in [-0.4, -0.2) is 25.7 Å². The van der Waals surface area contributed by atoms with E-state index >= 15 is 0 Å². The summed E-state index contributed by atoms with van der Waals surface area (Å²) in [7, 11) is 3.26. The number of benzene rings is 1. The van der Waals surface area contributed by atoms with Gasteiger partial charge in [0.2, 0.25) is 0 Å². The van der Waals surface area contributed by atoms with Crippen molar-refractivity contribution in [3.05, 3.63) is 30.3 Å².